The molecule has 148 valence electrons. The van der Waals surface area contributed by atoms with Crippen LogP contribution in [0.2, 0.25) is 0 Å². The zero-order valence-electron chi connectivity index (χ0n) is 16.6. The minimum Gasteiger partial charge on any atom is -0.483 e. The number of carbonyl (C=O) groups excluding carboxylic acids is 2. The van der Waals surface area contributed by atoms with Gasteiger partial charge in [-0.15, -0.1) is 0 Å². The van der Waals surface area contributed by atoms with E-state index in [9.17, 15) is 9.59 Å². The lowest BCUT2D eigenvalue weighted by molar-refractivity contribution is -0.135. The summed E-state index contributed by atoms with van der Waals surface area (Å²) in [5.41, 5.74) is 3.12. The van der Waals surface area contributed by atoms with Crippen LogP contribution in [0.4, 0.5) is 0 Å². The molecule has 1 fully saturated rings. The molecule has 1 saturated heterocycles. The molecule has 1 aliphatic rings. The third kappa shape index (κ3) is 5.20. The van der Waals surface area contributed by atoms with E-state index in [1.807, 2.05) is 4.90 Å². The van der Waals surface area contributed by atoms with Gasteiger partial charge in [0.05, 0.1) is 5.56 Å². The topological polar surface area (TPSA) is 49.9 Å². The van der Waals surface area contributed by atoms with Gasteiger partial charge in [-0.1, -0.05) is 50.2 Å². The van der Waals surface area contributed by atoms with Gasteiger partial charge in [0.1, 0.15) is 5.75 Å². The molecule has 0 radical (unpaired) electrons. The van der Waals surface area contributed by atoms with Crippen LogP contribution in [0.25, 0.3) is 0 Å². The molecule has 0 unspecified atom stereocenters. The summed E-state index contributed by atoms with van der Waals surface area (Å²) < 4.78 is 5.56. The second-order valence-corrected chi connectivity index (χ2v) is 7.50. The van der Waals surface area contributed by atoms with Gasteiger partial charge in [0.25, 0.3) is 5.91 Å². The van der Waals surface area contributed by atoms with Crippen molar-refractivity contribution in [3.63, 3.8) is 0 Å². The lowest BCUT2D eigenvalue weighted by atomic mass is 10.0. The first-order chi connectivity index (χ1) is 13.6. The molecule has 0 N–H and O–H groups in total. The molecule has 3 rings (SSSR count). The molecule has 0 aliphatic carbocycles. The summed E-state index contributed by atoms with van der Waals surface area (Å²) in [6, 6.07) is 15.8. The van der Waals surface area contributed by atoms with Crippen LogP contribution >= 0.6 is 0 Å². The fourth-order valence-corrected chi connectivity index (χ4v) is 3.36. The highest BCUT2D eigenvalue weighted by Gasteiger charge is 2.21. The zero-order chi connectivity index (χ0) is 19.9. The van der Waals surface area contributed by atoms with E-state index >= 15 is 0 Å². The highest BCUT2D eigenvalue weighted by Crippen LogP contribution is 2.17. The van der Waals surface area contributed by atoms with Crippen LogP contribution in [0.15, 0.2) is 48.5 Å². The van der Waals surface area contributed by atoms with Crippen molar-refractivity contribution in [3.05, 3.63) is 65.2 Å². The SMILES string of the molecule is CC(C)c1ccc(CN2CCN(C(=O)COc3ccccc3C=O)CC2)cc1. The van der Waals surface area contributed by atoms with Gasteiger partial charge >= 0.3 is 0 Å². The maximum absolute atomic E-state index is 12.4. The van der Waals surface area contributed by atoms with Crippen LogP contribution < -0.4 is 4.74 Å². The van der Waals surface area contributed by atoms with E-state index in [1.54, 1.807) is 24.3 Å². The molecule has 2 aromatic rings. The number of ether oxygens (including phenoxy) is 1. The smallest absolute Gasteiger partial charge is 0.260 e. The molecule has 0 atom stereocenters. The third-order valence-electron chi connectivity index (χ3n) is 5.17. The van der Waals surface area contributed by atoms with E-state index in [1.165, 1.54) is 11.1 Å². The number of hydrogen-bond donors (Lipinski definition) is 0. The van der Waals surface area contributed by atoms with Gasteiger partial charge in [-0.3, -0.25) is 14.5 Å². The largest absolute Gasteiger partial charge is 0.483 e. The first-order valence-corrected chi connectivity index (χ1v) is 9.83. The lowest BCUT2D eigenvalue weighted by Crippen LogP contribution is -2.49. The lowest BCUT2D eigenvalue weighted by Gasteiger charge is -2.34. The number of rotatable bonds is 7. The van der Waals surface area contributed by atoms with Gasteiger partial charge in [0.15, 0.2) is 12.9 Å². The Morgan fingerprint density at radius 1 is 1.04 bits per heavy atom. The summed E-state index contributed by atoms with van der Waals surface area (Å²) >= 11 is 0. The Labute approximate surface area is 166 Å². The Kier molecular flexibility index (Phi) is 6.82. The van der Waals surface area contributed by atoms with Gasteiger partial charge < -0.3 is 9.64 Å². The number of amides is 1. The second-order valence-electron chi connectivity index (χ2n) is 7.50. The van der Waals surface area contributed by atoms with E-state index in [-0.39, 0.29) is 12.5 Å². The van der Waals surface area contributed by atoms with Crippen molar-refractivity contribution in [2.75, 3.05) is 32.8 Å². The fourth-order valence-electron chi connectivity index (χ4n) is 3.36. The first-order valence-electron chi connectivity index (χ1n) is 9.83. The normalized spacial score (nSPS) is 14.9. The van der Waals surface area contributed by atoms with Gasteiger partial charge in [-0.05, 0) is 29.2 Å². The molecule has 2 aromatic carbocycles. The molecule has 5 nitrogen and oxygen atoms in total. The van der Waals surface area contributed by atoms with Crippen LogP contribution in [0.3, 0.4) is 0 Å². The van der Waals surface area contributed by atoms with Gasteiger partial charge in [-0.25, -0.2) is 0 Å². The molecule has 1 aliphatic heterocycles. The average Bonchev–Trinajstić information content (AvgIpc) is 2.73. The Balaban J connectivity index is 1.45. The van der Waals surface area contributed by atoms with Crippen molar-refractivity contribution in [3.8, 4) is 5.75 Å². The maximum atomic E-state index is 12.4. The minimum atomic E-state index is -0.0402. The van der Waals surface area contributed by atoms with Crippen LogP contribution in [-0.4, -0.2) is 54.8 Å². The Morgan fingerprint density at radius 3 is 2.36 bits per heavy atom. The molecular weight excluding hydrogens is 352 g/mol. The molecule has 0 saturated carbocycles. The van der Waals surface area contributed by atoms with Crippen molar-refractivity contribution in [2.24, 2.45) is 0 Å². The summed E-state index contributed by atoms with van der Waals surface area (Å²) in [4.78, 5) is 27.7. The zero-order valence-corrected chi connectivity index (χ0v) is 16.6. The number of hydrogen-bond acceptors (Lipinski definition) is 4. The second kappa shape index (κ2) is 9.51. The number of carbonyl (C=O) groups is 2. The van der Waals surface area contributed by atoms with E-state index < -0.39 is 0 Å². The number of benzene rings is 2. The Hall–Kier alpha value is -2.66. The standard InChI is InChI=1S/C23H28N2O3/c1-18(2)20-9-7-19(8-10-20)15-24-11-13-25(14-12-24)23(27)17-28-22-6-4-3-5-21(22)16-26/h3-10,16,18H,11-15,17H2,1-2H3. The summed E-state index contributed by atoms with van der Waals surface area (Å²) in [6.07, 6.45) is 0.742. The van der Waals surface area contributed by atoms with Gasteiger partial charge in [-0.2, -0.15) is 0 Å². The van der Waals surface area contributed by atoms with Crippen LogP contribution in [-0.2, 0) is 11.3 Å². The van der Waals surface area contributed by atoms with E-state index in [0.29, 0.717) is 30.3 Å². The first kappa shape index (κ1) is 20.1. The molecule has 0 spiro atoms. The van der Waals surface area contributed by atoms with E-state index in [4.69, 9.17) is 4.74 Å². The molecule has 0 aromatic heterocycles. The Bertz CT molecular complexity index is 794. The van der Waals surface area contributed by atoms with Crippen molar-refractivity contribution in [1.29, 1.82) is 0 Å². The van der Waals surface area contributed by atoms with Crippen molar-refractivity contribution in [2.45, 2.75) is 26.3 Å². The molecule has 5 heteroatoms. The highest BCUT2D eigenvalue weighted by molar-refractivity contribution is 5.80. The monoisotopic (exact) mass is 380 g/mol. The molecule has 1 heterocycles. The summed E-state index contributed by atoms with van der Waals surface area (Å²) in [5.74, 6) is 0.959. The molecule has 28 heavy (non-hydrogen) atoms. The van der Waals surface area contributed by atoms with Crippen molar-refractivity contribution in [1.82, 2.24) is 9.80 Å². The number of aldehydes is 1. The van der Waals surface area contributed by atoms with Gasteiger partial charge in [0, 0.05) is 32.7 Å². The van der Waals surface area contributed by atoms with Crippen LogP contribution in [0.1, 0.15) is 41.3 Å². The van der Waals surface area contributed by atoms with Gasteiger partial charge in [0.2, 0.25) is 0 Å². The van der Waals surface area contributed by atoms with Crippen molar-refractivity contribution < 1.29 is 14.3 Å². The Morgan fingerprint density at radius 2 is 1.71 bits per heavy atom. The predicted molar refractivity (Wildman–Crippen MR) is 110 cm³/mol. The summed E-state index contributed by atoms with van der Waals surface area (Å²) in [6.45, 7) is 8.36. The quantitative estimate of drug-likeness (QED) is 0.691. The summed E-state index contributed by atoms with van der Waals surface area (Å²) in [5, 5.41) is 0. The van der Waals surface area contributed by atoms with Crippen molar-refractivity contribution >= 4 is 12.2 Å². The number of nitrogens with zero attached hydrogens (tertiary/aromatic N) is 2. The molecule has 1 amide bonds. The predicted octanol–water partition coefficient (Wildman–Crippen LogP) is 3.35. The number of para-hydroxylation sites is 1. The van der Waals surface area contributed by atoms with E-state index in [0.717, 1.165) is 25.9 Å². The summed E-state index contributed by atoms with van der Waals surface area (Å²) in [7, 11) is 0. The van der Waals surface area contributed by atoms with Crippen LogP contribution in [0.5, 0.6) is 5.75 Å². The third-order valence-corrected chi connectivity index (χ3v) is 5.17. The average molecular weight is 380 g/mol. The fraction of sp³-hybridized carbons (Fsp3) is 0.391. The number of piperazine rings is 1. The minimum absolute atomic E-state index is 0.0401. The molecule has 0 bridgehead atoms. The van der Waals surface area contributed by atoms with Crippen LogP contribution in [0, 0.1) is 0 Å². The highest BCUT2D eigenvalue weighted by atomic mass is 16.5. The maximum Gasteiger partial charge on any atom is 0.260 e. The van der Waals surface area contributed by atoms with E-state index in [2.05, 4.69) is 43.0 Å². The molecular formula is C23H28N2O3.